The largest absolute Gasteiger partial charge is 0.355 e. The van der Waals surface area contributed by atoms with E-state index in [2.05, 4.69) is 22.6 Å². The molecule has 0 aromatic heterocycles. The predicted octanol–water partition coefficient (Wildman–Crippen LogP) is 0.196. The lowest BCUT2D eigenvalue weighted by molar-refractivity contribution is -0.124. The lowest BCUT2D eigenvalue weighted by Gasteiger charge is -2.31. The van der Waals surface area contributed by atoms with Gasteiger partial charge in [-0.25, -0.2) is 0 Å². The van der Waals surface area contributed by atoms with Gasteiger partial charge in [-0.1, -0.05) is 0 Å². The summed E-state index contributed by atoms with van der Waals surface area (Å²) in [6.45, 7) is 4.23. The van der Waals surface area contributed by atoms with Gasteiger partial charge in [-0.3, -0.25) is 4.79 Å². The number of carbonyl (C=O) groups is 1. The van der Waals surface area contributed by atoms with Crippen molar-refractivity contribution in [1.82, 2.24) is 15.5 Å². The fraction of sp³-hybridized carbons (Fsp3) is 0.917. The zero-order chi connectivity index (χ0) is 11.4. The predicted molar refractivity (Wildman–Crippen MR) is 64.3 cm³/mol. The van der Waals surface area contributed by atoms with E-state index >= 15 is 0 Å². The summed E-state index contributed by atoms with van der Waals surface area (Å²) < 4.78 is 0. The molecule has 2 aliphatic rings. The molecule has 0 spiro atoms. The van der Waals surface area contributed by atoms with E-state index in [1.54, 1.807) is 0 Å². The lowest BCUT2D eigenvalue weighted by Crippen LogP contribution is -2.50. The van der Waals surface area contributed by atoms with Crippen LogP contribution in [0.4, 0.5) is 0 Å². The molecule has 16 heavy (non-hydrogen) atoms. The van der Waals surface area contributed by atoms with Gasteiger partial charge in [0.15, 0.2) is 0 Å². The van der Waals surface area contributed by atoms with Crippen LogP contribution in [0.15, 0.2) is 0 Å². The molecule has 2 atom stereocenters. The van der Waals surface area contributed by atoms with Gasteiger partial charge in [0.25, 0.3) is 0 Å². The highest BCUT2D eigenvalue weighted by Crippen LogP contribution is 2.14. The topological polar surface area (TPSA) is 44.4 Å². The van der Waals surface area contributed by atoms with Crippen molar-refractivity contribution in [3.63, 3.8) is 0 Å². The number of hydrogen-bond donors (Lipinski definition) is 2. The molecule has 0 aromatic carbocycles. The smallest absolute Gasteiger partial charge is 0.237 e. The Bertz CT molecular complexity index is 244. The fourth-order valence-electron chi connectivity index (χ4n) is 2.72. The van der Waals surface area contributed by atoms with E-state index in [9.17, 15) is 4.79 Å². The molecule has 2 rings (SSSR count). The Morgan fingerprint density at radius 1 is 1.44 bits per heavy atom. The van der Waals surface area contributed by atoms with Crippen molar-refractivity contribution in [2.45, 2.75) is 31.7 Å². The molecule has 2 saturated heterocycles. The molecule has 4 nitrogen and oxygen atoms in total. The van der Waals surface area contributed by atoms with Gasteiger partial charge < -0.3 is 15.5 Å². The van der Waals surface area contributed by atoms with Crippen LogP contribution in [0, 0.1) is 5.92 Å². The van der Waals surface area contributed by atoms with E-state index in [0.717, 1.165) is 25.9 Å². The molecule has 0 radical (unpaired) electrons. The first-order valence-corrected chi connectivity index (χ1v) is 6.45. The highest BCUT2D eigenvalue weighted by Gasteiger charge is 2.23. The summed E-state index contributed by atoms with van der Waals surface area (Å²) >= 11 is 0. The average Bonchev–Trinajstić information content (AvgIpc) is 2.28. The van der Waals surface area contributed by atoms with Crippen LogP contribution in [0.25, 0.3) is 0 Å². The maximum absolute atomic E-state index is 11.5. The zero-order valence-corrected chi connectivity index (χ0v) is 10.2. The van der Waals surface area contributed by atoms with Gasteiger partial charge in [0.2, 0.25) is 5.91 Å². The molecule has 2 aliphatic heterocycles. The summed E-state index contributed by atoms with van der Waals surface area (Å²) in [5, 5.41) is 6.34. The van der Waals surface area contributed by atoms with Gasteiger partial charge in [-0.15, -0.1) is 0 Å². The summed E-state index contributed by atoms with van der Waals surface area (Å²) in [5.41, 5.74) is 0. The third-order valence-electron chi connectivity index (χ3n) is 3.66. The second kappa shape index (κ2) is 5.64. The van der Waals surface area contributed by atoms with Crippen LogP contribution in [0.3, 0.4) is 0 Å². The van der Waals surface area contributed by atoms with E-state index in [-0.39, 0.29) is 11.9 Å². The lowest BCUT2D eigenvalue weighted by atomic mass is 9.97. The molecular weight excluding hydrogens is 202 g/mol. The molecule has 2 unspecified atom stereocenters. The number of nitrogens with one attached hydrogen (secondary N) is 2. The highest BCUT2D eigenvalue weighted by atomic mass is 16.2. The Balaban J connectivity index is 1.71. The Morgan fingerprint density at radius 2 is 2.31 bits per heavy atom. The molecule has 0 bridgehead atoms. The molecule has 4 heteroatoms. The van der Waals surface area contributed by atoms with Crippen molar-refractivity contribution < 1.29 is 4.79 Å². The Hall–Kier alpha value is -0.610. The molecule has 2 N–H and O–H groups in total. The molecule has 1 amide bonds. The molecule has 0 aliphatic carbocycles. The summed E-state index contributed by atoms with van der Waals surface area (Å²) in [6, 6.07) is 0.0565. The quantitative estimate of drug-likeness (QED) is 0.721. The first-order chi connectivity index (χ1) is 7.75. The number of nitrogens with zero attached hydrogens (tertiary/aromatic N) is 1. The normalized spacial score (nSPS) is 32.4. The van der Waals surface area contributed by atoms with Crippen LogP contribution in [0.1, 0.15) is 25.7 Å². The van der Waals surface area contributed by atoms with Crippen LogP contribution in [-0.4, -0.2) is 50.1 Å². The first-order valence-electron chi connectivity index (χ1n) is 6.45. The van der Waals surface area contributed by atoms with Crippen LogP contribution in [-0.2, 0) is 4.79 Å². The Labute approximate surface area is 97.8 Å². The van der Waals surface area contributed by atoms with Gasteiger partial charge in [0.1, 0.15) is 0 Å². The van der Waals surface area contributed by atoms with Crippen molar-refractivity contribution >= 4 is 5.91 Å². The van der Waals surface area contributed by atoms with Gasteiger partial charge in [-0.05, 0) is 51.7 Å². The molecule has 92 valence electrons. The number of carbonyl (C=O) groups excluding carboxylic acids is 1. The minimum absolute atomic E-state index is 0.0565. The monoisotopic (exact) mass is 225 g/mol. The zero-order valence-electron chi connectivity index (χ0n) is 10.2. The van der Waals surface area contributed by atoms with E-state index < -0.39 is 0 Å². The number of rotatable bonds is 3. The second-order valence-corrected chi connectivity index (χ2v) is 5.16. The number of hydrogen-bond acceptors (Lipinski definition) is 3. The van der Waals surface area contributed by atoms with Crippen molar-refractivity contribution in [2.75, 3.05) is 33.2 Å². The SMILES string of the molecule is CN1CCCC(CNC2CCCNC2=O)C1. The number of likely N-dealkylation sites (tertiary alicyclic amines) is 1. The van der Waals surface area contributed by atoms with Crippen molar-refractivity contribution in [3.8, 4) is 0 Å². The number of amides is 1. The molecular formula is C12H23N3O. The fourth-order valence-corrected chi connectivity index (χ4v) is 2.72. The minimum Gasteiger partial charge on any atom is -0.355 e. The Kier molecular flexibility index (Phi) is 4.18. The number of piperidine rings is 2. The second-order valence-electron chi connectivity index (χ2n) is 5.16. The van der Waals surface area contributed by atoms with Gasteiger partial charge in [0, 0.05) is 13.1 Å². The van der Waals surface area contributed by atoms with Crippen LogP contribution in [0.2, 0.25) is 0 Å². The van der Waals surface area contributed by atoms with Gasteiger partial charge >= 0.3 is 0 Å². The standard InChI is InChI=1S/C12H23N3O/c1-15-7-3-4-10(9-15)8-14-11-5-2-6-13-12(11)16/h10-11,14H,2-9H2,1H3,(H,13,16). The van der Waals surface area contributed by atoms with E-state index in [1.165, 1.54) is 25.9 Å². The van der Waals surface area contributed by atoms with E-state index in [1.807, 2.05) is 0 Å². The third-order valence-corrected chi connectivity index (χ3v) is 3.66. The van der Waals surface area contributed by atoms with Crippen LogP contribution < -0.4 is 10.6 Å². The molecule has 2 fully saturated rings. The molecule has 0 saturated carbocycles. The van der Waals surface area contributed by atoms with Crippen LogP contribution in [0.5, 0.6) is 0 Å². The molecule has 0 aromatic rings. The first kappa shape index (κ1) is 11.9. The highest BCUT2D eigenvalue weighted by molar-refractivity contribution is 5.82. The third kappa shape index (κ3) is 3.19. The summed E-state index contributed by atoms with van der Waals surface area (Å²) in [6.07, 6.45) is 4.69. The van der Waals surface area contributed by atoms with Crippen molar-refractivity contribution in [1.29, 1.82) is 0 Å². The van der Waals surface area contributed by atoms with Gasteiger partial charge in [0.05, 0.1) is 6.04 Å². The van der Waals surface area contributed by atoms with E-state index in [4.69, 9.17) is 0 Å². The van der Waals surface area contributed by atoms with Crippen molar-refractivity contribution in [2.24, 2.45) is 5.92 Å². The minimum atomic E-state index is 0.0565. The van der Waals surface area contributed by atoms with Gasteiger partial charge in [-0.2, -0.15) is 0 Å². The molecule has 2 heterocycles. The van der Waals surface area contributed by atoms with Crippen molar-refractivity contribution in [3.05, 3.63) is 0 Å². The summed E-state index contributed by atoms with van der Waals surface area (Å²) in [5.74, 6) is 0.906. The van der Waals surface area contributed by atoms with Crippen LogP contribution >= 0.6 is 0 Å². The Morgan fingerprint density at radius 3 is 3.06 bits per heavy atom. The van der Waals surface area contributed by atoms with E-state index in [0.29, 0.717) is 5.92 Å². The maximum Gasteiger partial charge on any atom is 0.237 e. The summed E-state index contributed by atoms with van der Waals surface area (Å²) in [7, 11) is 2.18. The maximum atomic E-state index is 11.5. The summed E-state index contributed by atoms with van der Waals surface area (Å²) in [4.78, 5) is 13.9. The average molecular weight is 225 g/mol.